The molecule has 0 saturated carbocycles. The Morgan fingerprint density at radius 2 is 2.06 bits per heavy atom. The van der Waals surface area contributed by atoms with Gasteiger partial charge in [-0.1, -0.05) is 65.0 Å². The lowest BCUT2D eigenvalue weighted by molar-refractivity contribution is 0.00797. The first-order valence-corrected chi connectivity index (χ1v) is 11.7. The minimum absolute atomic E-state index is 0.0595. The van der Waals surface area contributed by atoms with Crippen molar-refractivity contribution in [2.75, 3.05) is 26.4 Å². The lowest BCUT2D eigenvalue weighted by atomic mass is 10.0. The van der Waals surface area contributed by atoms with E-state index in [0.29, 0.717) is 23.2 Å². The molecule has 3 rings (SSSR count). The van der Waals surface area contributed by atoms with Gasteiger partial charge < -0.3 is 14.7 Å². The number of aliphatic hydroxyl groups is 1. The molecule has 1 heterocycles. The van der Waals surface area contributed by atoms with E-state index in [1.165, 1.54) is 6.20 Å². The van der Waals surface area contributed by atoms with Crippen molar-refractivity contribution in [1.82, 2.24) is 25.6 Å². The zero-order valence-electron chi connectivity index (χ0n) is 19.2. The molecule has 0 bridgehead atoms. The maximum Gasteiger partial charge on any atom is 0.287 e. The molecule has 1 aromatic heterocycles. The zero-order chi connectivity index (χ0) is 25.2. The number of aromatic nitrogens is 3. The van der Waals surface area contributed by atoms with Crippen molar-refractivity contribution in [1.29, 1.82) is 0 Å². The minimum Gasteiger partial charge on any atom is -0.391 e. The summed E-state index contributed by atoms with van der Waals surface area (Å²) in [6.07, 6.45) is 2.09. The van der Waals surface area contributed by atoms with Crippen LogP contribution in [0.2, 0.25) is 10.0 Å². The summed E-state index contributed by atoms with van der Waals surface area (Å²) in [7, 11) is 0. The first-order chi connectivity index (χ1) is 16.9. The van der Waals surface area contributed by atoms with Crippen LogP contribution in [-0.2, 0) is 11.3 Å². The highest BCUT2D eigenvalue weighted by atomic mass is 35.5. The van der Waals surface area contributed by atoms with E-state index in [1.54, 1.807) is 29.3 Å². The van der Waals surface area contributed by atoms with E-state index >= 15 is 0 Å². The molecule has 0 aliphatic carbocycles. The van der Waals surface area contributed by atoms with Gasteiger partial charge in [0.05, 0.1) is 12.7 Å². The molecule has 0 aliphatic heterocycles. The largest absolute Gasteiger partial charge is 0.391 e. The molecule has 9 nitrogen and oxygen atoms in total. The average molecular weight is 520 g/mol. The Kier molecular flexibility index (Phi) is 10.1. The van der Waals surface area contributed by atoms with Gasteiger partial charge in [0.2, 0.25) is 0 Å². The van der Waals surface area contributed by atoms with E-state index in [-0.39, 0.29) is 25.5 Å². The van der Waals surface area contributed by atoms with Crippen molar-refractivity contribution in [2.45, 2.75) is 19.6 Å². The van der Waals surface area contributed by atoms with Gasteiger partial charge in [-0.15, -0.1) is 5.10 Å². The molecule has 1 unspecified atom stereocenters. The Labute approximate surface area is 213 Å². The SMILES string of the molecule is C=CCOn1cc(C(=O)NN(Cc2ccc(-c3cc(Cl)ccc3Cl)cc2)CC(O)COCC)nn1. The lowest BCUT2D eigenvalue weighted by Gasteiger charge is -2.25. The molecule has 0 saturated heterocycles. The summed E-state index contributed by atoms with van der Waals surface area (Å²) in [5.74, 6) is -0.496. The molecule has 0 aliphatic rings. The number of carbonyl (C=O) groups excluding carboxylic acids is 1. The van der Waals surface area contributed by atoms with Crippen LogP contribution < -0.4 is 10.3 Å². The number of nitrogens with one attached hydrogen (secondary N) is 1. The molecule has 2 N–H and O–H groups in total. The maximum atomic E-state index is 12.8. The average Bonchev–Trinajstić information content (AvgIpc) is 3.32. The highest BCUT2D eigenvalue weighted by Crippen LogP contribution is 2.30. The van der Waals surface area contributed by atoms with Crippen molar-refractivity contribution in [3.63, 3.8) is 0 Å². The van der Waals surface area contributed by atoms with Gasteiger partial charge in [0.25, 0.3) is 5.91 Å². The van der Waals surface area contributed by atoms with Crippen LogP contribution in [0.25, 0.3) is 11.1 Å². The van der Waals surface area contributed by atoms with Gasteiger partial charge >= 0.3 is 0 Å². The molecule has 0 fully saturated rings. The standard InChI is InChI=1S/C24H27Cl2N5O4/c1-3-11-35-31-15-23(27-29-31)24(33)28-30(14-20(32)16-34-4-2)13-17-5-7-18(8-6-17)21-12-19(25)9-10-22(21)26/h3,5-10,12,15,20,32H,1,4,11,13-14,16H2,2H3,(H,28,33). The summed E-state index contributed by atoms with van der Waals surface area (Å²) in [6, 6.07) is 13.0. The van der Waals surface area contributed by atoms with Crippen molar-refractivity contribution >= 4 is 29.1 Å². The van der Waals surface area contributed by atoms with Crippen LogP contribution in [0.5, 0.6) is 0 Å². The van der Waals surface area contributed by atoms with Crippen LogP contribution in [0.15, 0.2) is 61.3 Å². The first-order valence-electron chi connectivity index (χ1n) is 10.9. The second-order valence-corrected chi connectivity index (χ2v) is 8.39. The quantitative estimate of drug-likeness (QED) is 0.263. The van der Waals surface area contributed by atoms with Gasteiger partial charge in [0.1, 0.15) is 12.8 Å². The third-order valence-corrected chi connectivity index (χ3v) is 5.37. The summed E-state index contributed by atoms with van der Waals surface area (Å²) in [5.41, 5.74) is 5.46. The van der Waals surface area contributed by atoms with Crippen molar-refractivity contribution in [3.8, 4) is 11.1 Å². The smallest absolute Gasteiger partial charge is 0.287 e. The Hall–Kier alpha value is -2.95. The van der Waals surface area contributed by atoms with Crippen LogP contribution in [0.4, 0.5) is 0 Å². The van der Waals surface area contributed by atoms with E-state index in [9.17, 15) is 9.90 Å². The second-order valence-electron chi connectivity index (χ2n) is 7.55. The summed E-state index contributed by atoms with van der Waals surface area (Å²) in [4.78, 5) is 19.1. The van der Waals surface area contributed by atoms with Crippen molar-refractivity contribution in [2.24, 2.45) is 0 Å². The predicted octanol–water partition coefficient (Wildman–Crippen LogP) is 3.41. The third-order valence-electron chi connectivity index (χ3n) is 4.80. The van der Waals surface area contributed by atoms with Gasteiger partial charge in [-0.3, -0.25) is 10.2 Å². The second kappa shape index (κ2) is 13.2. The number of hydrogen-bond donors (Lipinski definition) is 2. The van der Waals surface area contributed by atoms with Gasteiger partial charge in [-0.2, -0.15) is 0 Å². The highest BCUT2D eigenvalue weighted by molar-refractivity contribution is 6.35. The summed E-state index contributed by atoms with van der Waals surface area (Å²) in [6.45, 7) is 6.69. The topological polar surface area (TPSA) is 102 Å². The fourth-order valence-electron chi connectivity index (χ4n) is 3.19. The normalized spacial score (nSPS) is 11.9. The van der Waals surface area contributed by atoms with Gasteiger partial charge in [0.15, 0.2) is 5.69 Å². The number of amides is 1. The van der Waals surface area contributed by atoms with Gasteiger partial charge in [-0.05, 0) is 41.5 Å². The fraction of sp³-hybridized carbons (Fsp3) is 0.292. The molecule has 0 spiro atoms. The van der Waals surface area contributed by atoms with Gasteiger partial charge in [0, 0.05) is 35.3 Å². The Morgan fingerprint density at radius 1 is 1.29 bits per heavy atom. The maximum absolute atomic E-state index is 12.8. The van der Waals surface area contributed by atoms with Crippen LogP contribution >= 0.6 is 23.2 Å². The number of ether oxygens (including phenoxy) is 1. The Morgan fingerprint density at radius 3 is 2.77 bits per heavy atom. The van der Waals surface area contributed by atoms with Crippen molar-refractivity contribution < 1.29 is 19.5 Å². The van der Waals surface area contributed by atoms with E-state index < -0.39 is 12.0 Å². The predicted molar refractivity (Wildman–Crippen MR) is 134 cm³/mol. The molecule has 3 aromatic rings. The molecule has 186 valence electrons. The highest BCUT2D eigenvalue weighted by Gasteiger charge is 2.19. The van der Waals surface area contributed by atoms with Crippen LogP contribution in [0.1, 0.15) is 23.0 Å². The molecule has 1 amide bonds. The number of nitrogens with zero attached hydrogens (tertiary/aromatic N) is 4. The summed E-state index contributed by atoms with van der Waals surface area (Å²) < 4.78 is 5.30. The van der Waals surface area contributed by atoms with Crippen LogP contribution in [0, 0.1) is 0 Å². The molecule has 2 aromatic carbocycles. The van der Waals surface area contributed by atoms with E-state index in [1.807, 2.05) is 31.2 Å². The number of aliphatic hydroxyl groups excluding tert-OH is 1. The molecular formula is C24H27Cl2N5O4. The molecule has 1 atom stereocenters. The third kappa shape index (κ3) is 8.05. The molecule has 0 radical (unpaired) electrons. The summed E-state index contributed by atoms with van der Waals surface area (Å²) >= 11 is 12.4. The summed E-state index contributed by atoms with van der Waals surface area (Å²) in [5, 5.41) is 20.7. The lowest BCUT2D eigenvalue weighted by Crippen LogP contribution is -2.46. The van der Waals surface area contributed by atoms with E-state index in [4.69, 9.17) is 32.8 Å². The fourth-order valence-corrected chi connectivity index (χ4v) is 3.58. The van der Waals surface area contributed by atoms with E-state index in [0.717, 1.165) is 21.5 Å². The number of rotatable bonds is 13. The number of carbonyl (C=O) groups is 1. The first kappa shape index (κ1) is 26.7. The monoisotopic (exact) mass is 519 g/mol. The number of halogens is 2. The Bertz CT molecular complexity index is 1120. The number of hydrogen-bond acceptors (Lipinski definition) is 7. The van der Waals surface area contributed by atoms with Crippen molar-refractivity contribution in [3.05, 3.63) is 82.6 Å². The number of hydrazine groups is 1. The van der Waals surface area contributed by atoms with E-state index in [2.05, 4.69) is 22.3 Å². The minimum atomic E-state index is -0.814. The Balaban J connectivity index is 1.72. The van der Waals surface area contributed by atoms with Gasteiger partial charge in [-0.25, -0.2) is 5.01 Å². The van der Waals surface area contributed by atoms with Crippen LogP contribution in [-0.4, -0.2) is 63.6 Å². The zero-order valence-corrected chi connectivity index (χ0v) is 20.7. The number of benzene rings is 2. The molecule has 11 heteroatoms. The molecular weight excluding hydrogens is 493 g/mol. The van der Waals surface area contributed by atoms with Crippen LogP contribution in [0.3, 0.4) is 0 Å². The molecule has 35 heavy (non-hydrogen) atoms.